The maximum absolute atomic E-state index is 5.92. The number of halogens is 1. The van der Waals surface area contributed by atoms with Gasteiger partial charge in [-0.1, -0.05) is 24.6 Å². The lowest BCUT2D eigenvalue weighted by Crippen LogP contribution is -2.40. The zero-order valence-corrected chi connectivity index (χ0v) is 11.0. The molecule has 0 amide bonds. The molecule has 2 heterocycles. The first-order valence-corrected chi connectivity index (χ1v) is 6.66. The van der Waals surface area contributed by atoms with Gasteiger partial charge in [-0.2, -0.15) is 0 Å². The van der Waals surface area contributed by atoms with Crippen LogP contribution in [0.3, 0.4) is 0 Å². The number of ether oxygens (including phenoxy) is 1. The Kier molecular flexibility index (Phi) is 4.63. The van der Waals surface area contributed by atoms with Crippen molar-refractivity contribution in [3.63, 3.8) is 0 Å². The van der Waals surface area contributed by atoms with E-state index in [0.29, 0.717) is 11.3 Å². The van der Waals surface area contributed by atoms with E-state index in [4.69, 9.17) is 16.3 Å². The van der Waals surface area contributed by atoms with E-state index < -0.39 is 0 Å². The molecule has 0 aromatic carbocycles. The maximum Gasteiger partial charge on any atom is 0.131 e. The first-order valence-electron chi connectivity index (χ1n) is 6.28. The molecule has 0 radical (unpaired) electrons. The van der Waals surface area contributed by atoms with Gasteiger partial charge in [0.2, 0.25) is 0 Å². The molecule has 2 rings (SSSR count). The van der Waals surface area contributed by atoms with Crippen molar-refractivity contribution >= 4 is 17.4 Å². The summed E-state index contributed by atoms with van der Waals surface area (Å²) in [5.74, 6) is 0.960. The van der Waals surface area contributed by atoms with Gasteiger partial charge in [0.05, 0.1) is 6.10 Å². The molecule has 17 heavy (non-hydrogen) atoms. The monoisotopic (exact) mass is 254 g/mol. The number of hydrogen-bond donors (Lipinski definition) is 0. The Morgan fingerprint density at radius 2 is 2.41 bits per heavy atom. The molecule has 0 aliphatic carbocycles. The Balaban J connectivity index is 1.97. The summed E-state index contributed by atoms with van der Waals surface area (Å²) in [7, 11) is 0. The zero-order valence-electron chi connectivity index (χ0n) is 10.2. The summed E-state index contributed by atoms with van der Waals surface area (Å²) < 4.78 is 5.81. The van der Waals surface area contributed by atoms with Crippen LogP contribution in [0, 0.1) is 0 Å². The van der Waals surface area contributed by atoms with Crippen LogP contribution in [0.4, 0.5) is 5.82 Å². The second-order valence-corrected chi connectivity index (χ2v) is 4.79. The van der Waals surface area contributed by atoms with E-state index in [-0.39, 0.29) is 0 Å². The minimum Gasteiger partial charge on any atom is -0.376 e. The van der Waals surface area contributed by atoms with Crippen LogP contribution in [0.15, 0.2) is 18.2 Å². The van der Waals surface area contributed by atoms with Gasteiger partial charge in [0.1, 0.15) is 11.0 Å². The summed E-state index contributed by atoms with van der Waals surface area (Å²) >= 11 is 5.92. The van der Waals surface area contributed by atoms with Crippen molar-refractivity contribution in [1.29, 1.82) is 0 Å². The van der Waals surface area contributed by atoms with Crippen molar-refractivity contribution in [2.24, 2.45) is 0 Å². The molecular weight excluding hydrogens is 236 g/mol. The molecule has 0 bridgehead atoms. The van der Waals surface area contributed by atoms with Gasteiger partial charge < -0.3 is 9.64 Å². The summed E-state index contributed by atoms with van der Waals surface area (Å²) in [5.41, 5.74) is 0. The standard InChI is InChI=1S/C13H19ClN2O/c1-2-9-17-11-5-4-8-16(10-11)13-7-3-6-12(14)15-13/h3,6-7,11H,2,4-5,8-10H2,1H3. The first-order chi connectivity index (χ1) is 8.29. The van der Waals surface area contributed by atoms with Crippen LogP contribution < -0.4 is 4.90 Å². The first kappa shape index (κ1) is 12.7. The highest BCUT2D eigenvalue weighted by Crippen LogP contribution is 2.21. The Bertz CT molecular complexity index is 359. The average Bonchev–Trinajstić information content (AvgIpc) is 2.37. The average molecular weight is 255 g/mol. The molecule has 0 saturated carbocycles. The third-order valence-corrected chi connectivity index (χ3v) is 3.17. The fourth-order valence-corrected chi connectivity index (χ4v) is 2.30. The number of aromatic nitrogens is 1. The Morgan fingerprint density at radius 3 is 3.18 bits per heavy atom. The molecule has 1 fully saturated rings. The van der Waals surface area contributed by atoms with Gasteiger partial charge in [-0.3, -0.25) is 0 Å². The van der Waals surface area contributed by atoms with Crippen molar-refractivity contribution < 1.29 is 4.74 Å². The summed E-state index contributed by atoms with van der Waals surface area (Å²) in [5, 5.41) is 0.555. The lowest BCUT2D eigenvalue weighted by Gasteiger charge is -2.33. The lowest BCUT2D eigenvalue weighted by molar-refractivity contribution is 0.0439. The van der Waals surface area contributed by atoms with E-state index in [9.17, 15) is 0 Å². The lowest BCUT2D eigenvalue weighted by atomic mass is 10.1. The van der Waals surface area contributed by atoms with Gasteiger partial charge in [0.15, 0.2) is 0 Å². The molecule has 0 spiro atoms. The van der Waals surface area contributed by atoms with Gasteiger partial charge in [0.25, 0.3) is 0 Å². The van der Waals surface area contributed by atoms with Crippen molar-refractivity contribution in [1.82, 2.24) is 4.98 Å². The number of piperidine rings is 1. The molecule has 4 heteroatoms. The fraction of sp³-hybridized carbons (Fsp3) is 0.615. The summed E-state index contributed by atoms with van der Waals surface area (Å²) in [6, 6.07) is 5.76. The molecule has 1 saturated heterocycles. The Morgan fingerprint density at radius 1 is 1.53 bits per heavy atom. The van der Waals surface area contributed by atoms with Crippen LogP contribution in [-0.2, 0) is 4.74 Å². The molecule has 1 unspecified atom stereocenters. The summed E-state index contributed by atoms with van der Waals surface area (Å²) in [6.45, 7) is 4.95. The van der Waals surface area contributed by atoms with Crippen LogP contribution >= 0.6 is 11.6 Å². The molecule has 3 nitrogen and oxygen atoms in total. The van der Waals surface area contributed by atoms with Crippen LogP contribution in [-0.4, -0.2) is 30.8 Å². The fourth-order valence-electron chi connectivity index (χ4n) is 2.14. The van der Waals surface area contributed by atoms with Gasteiger partial charge in [-0.25, -0.2) is 4.98 Å². The van der Waals surface area contributed by atoms with Crippen molar-refractivity contribution in [2.45, 2.75) is 32.3 Å². The number of pyridine rings is 1. The van der Waals surface area contributed by atoms with E-state index in [1.807, 2.05) is 12.1 Å². The number of nitrogens with zero attached hydrogens (tertiary/aromatic N) is 2. The van der Waals surface area contributed by atoms with E-state index in [0.717, 1.165) is 44.8 Å². The van der Waals surface area contributed by atoms with Crippen LogP contribution in [0.25, 0.3) is 0 Å². The largest absolute Gasteiger partial charge is 0.376 e. The topological polar surface area (TPSA) is 25.4 Å². The van der Waals surface area contributed by atoms with Gasteiger partial charge in [-0.05, 0) is 31.4 Å². The molecule has 94 valence electrons. The van der Waals surface area contributed by atoms with E-state index >= 15 is 0 Å². The van der Waals surface area contributed by atoms with Gasteiger partial charge in [0, 0.05) is 19.7 Å². The smallest absolute Gasteiger partial charge is 0.131 e. The molecule has 1 aromatic rings. The normalized spacial score (nSPS) is 20.6. The molecule has 1 aliphatic rings. The molecular formula is C13H19ClN2O. The zero-order chi connectivity index (χ0) is 12.1. The van der Waals surface area contributed by atoms with Crippen molar-refractivity contribution in [3.05, 3.63) is 23.4 Å². The number of hydrogen-bond acceptors (Lipinski definition) is 3. The SMILES string of the molecule is CCCOC1CCCN(c2cccc(Cl)n2)C1. The summed E-state index contributed by atoms with van der Waals surface area (Å²) in [6.07, 6.45) is 3.72. The number of rotatable bonds is 4. The molecule has 1 atom stereocenters. The quantitative estimate of drug-likeness (QED) is 0.772. The molecule has 1 aromatic heterocycles. The minimum atomic E-state index is 0.337. The Labute approximate surface area is 108 Å². The maximum atomic E-state index is 5.92. The van der Waals surface area contributed by atoms with E-state index in [1.54, 1.807) is 6.07 Å². The Hall–Kier alpha value is -0.800. The van der Waals surface area contributed by atoms with Gasteiger partial charge >= 0.3 is 0 Å². The van der Waals surface area contributed by atoms with Crippen molar-refractivity contribution in [2.75, 3.05) is 24.6 Å². The molecule has 1 aliphatic heterocycles. The highest BCUT2D eigenvalue weighted by atomic mass is 35.5. The third-order valence-electron chi connectivity index (χ3n) is 2.96. The second kappa shape index (κ2) is 6.22. The highest BCUT2D eigenvalue weighted by Gasteiger charge is 2.21. The van der Waals surface area contributed by atoms with Crippen LogP contribution in [0.1, 0.15) is 26.2 Å². The highest BCUT2D eigenvalue weighted by molar-refractivity contribution is 6.29. The second-order valence-electron chi connectivity index (χ2n) is 4.40. The van der Waals surface area contributed by atoms with Crippen LogP contribution in [0.5, 0.6) is 0 Å². The van der Waals surface area contributed by atoms with Crippen LogP contribution in [0.2, 0.25) is 5.15 Å². The third kappa shape index (κ3) is 3.58. The summed E-state index contributed by atoms with van der Waals surface area (Å²) in [4.78, 5) is 6.61. The predicted molar refractivity (Wildman–Crippen MR) is 70.7 cm³/mol. The predicted octanol–water partition coefficient (Wildman–Crippen LogP) is 3.13. The van der Waals surface area contributed by atoms with Crippen molar-refractivity contribution in [3.8, 4) is 0 Å². The number of anilines is 1. The van der Waals surface area contributed by atoms with Gasteiger partial charge in [-0.15, -0.1) is 0 Å². The molecule has 0 N–H and O–H groups in total. The minimum absolute atomic E-state index is 0.337. The van der Waals surface area contributed by atoms with E-state index in [2.05, 4.69) is 16.8 Å². The van der Waals surface area contributed by atoms with E-state index in [1.165, 1.54) is 0 Å².